The lowest BCUT2D eigenvalue weighted by Gasteiger charge is -2.35. The minimum Gasteiger partial charge on any atom is -0.380 e. The van der Waals surface area contributed by atoms with E-state index in [1.54, 1.807) is 14.9 Å². The minimum atomic E-state index is -4.85. The van der Waals surface area contributed by atoms with Crippen LogP contribution in [-0.4, -0.2) is 75.9 Å². The van der Waals surface area contributed by atoms with Gasteiger partial charge in [-0.05, 0) is 12.8 Å². The van der Waals surface area contributed by atoms with Gasteiger partial charge in [-0.25, -0.2) is 15.1 Å². The Kier molecular flexibility index (Phi) is 7.57. The molecule has 10 nitrogen and oxygen atoms in total. The third kappa shape index (κ3) is 6.47. The normalized spacial score (nSPS) is 20.8. The highest BCUT2D eigenvalue weighted by Crippen LogP contribution is 2.32. The van der Waals surface area contributed by atoms with Gasteiger partial charge in [0.2, 0.25) is 11.9 Å². The Balaban J connectivity index is 1.23. The average Bonchev–Trinajstić information content (AvgIpc) is 3.28. The van der Waals surface area contributed by atoms with Gasteiger partial charge in [0.25, 0.3) is 5.56 Å². The lowest BCUT2D eigenvalue weighted by atomic mass is 10.1. The third-order valence-electron chi connectivity index (χ3n) is 6.14. The SMILES string of the molecule is O=C(C[C@@H]1CC[C@@H](CNc2cn[nH]c(=O)c2C(F)(F)F)O1)N1CCN(c2ncc(C(F)(F)F)cn2)CC1. The molecule has 1 amide bonds. The van der Waals surface area contributed by atoms with Crippen molar-refractivity contribution in [2.24, 2.45) is 0 Å². The molecular weight excluding hydrogens is 512 g/mol. The molecule has 0 aromatic carbocycles. The third-order valence-corrected chi connectivity index (χ3v) is 6.14. The summed E-state index contributed by atoms with van der Waals surface area (Å²) in [5.41, 5.74) is -4.11. The quantitative estimate of drug-likeness (QED) is 0.542. The number of aromatic amines is 1. The van der Waals surface area contributed by atoms with Gasteiger partial charge in [0.1, 0.15) is 5.56 Å². The molecule has 0 spiro atoms. The predicted molar refractivity (Wildman–Crippen MR) is 117 cm³/mol. The summed E-state index contributed by atoms with van der Waals surface area (Å²) in [6, 6.07) is 0. The van der Waals surface area contributed by atoms with Crippen molar-refractivity contribution in [2.45, 2.75) is 43.8 Å². The molecule has 2 N–H and O–H groups in total. The number of H-pyrrole nitrogens is 1. The van der Waals surface area contributed by atoms with Gasteiger partial charge in [-0.3, -0.25) is 9.59 Å². The van der Waals surface area contributed by atoms with E-state index in [9.17, 15) is 35.9 Å². The van der Waals surface area contributed by atoms with Crippen molar-refractivity contribution < 1.29 is 35.9 Å². The molecule has 2 aliphatic heterocycles. The fourth-order valence-electron chi connectivity index (χ4n) is 4.23. The van der Waals surface area contributed by atoms with Crippen LogP contribution in [0, 0.1) is 0 Å². The zero-order valence-electron chi connectivity index (χ0n) is 19.3. The van der Waals surface area contributed by atoms with E-state index in [0.717, 1.165) is 18.6 Å². The van der Waals surface area contributed by atoms with E-state index in [2.05, 4.69) is 20.4 Å². The first-order valence-electron chi connectivity index (χ1n) is 11.4. The highest BCUT2D eigenvalue weighted by Gasteiger charge is 2.38. The molecule has 2 aromatic rings. The number of hydrogen-bond donors (Lipinski definition) is 2. The maximum absolute atomic E-state index is 13.2. The summed E-state index contributed by atoms with van der Waals surface area (Å²) >= 11 is 0. The van der Waals surface area contributed by atoms with Gasteiger partial charge in [0.05, 0.1) is 36.1 Å². The minimum absolute atomic E-state index is 0.00467. The van der Waals surface area contributed by atoms with Crippen molar-refractivity contribution in [3.05, 3.63) is 40.1 Å². The van der Waals surface area contributed by atoms with Crippen LogP contribution in [0.25, 0.3) is 0 Å². The summed E-state index contributed by atoms with van der Waals surface area (Å²) < 4.78 is 83.3. The molecule has 0 saturated carbocycles. The number of nitrogens with one attached hydrogen (secondary N) is 2. The Morgan fingerprint density at radius 2 is 1.65 bits per heavy atom. The lowest BCUT2D eigenvalue weighted by molar-refractivity contribution is -0.139. The molecule has 16 heteroatoms. The largest absolute Gasteiger partial charge is 0.423 e. The molecule has 4 rings (SSSR count). The topological polar surface area (TPSA) is 116 Å². The summed E-state index contributed by atoms with van der Waals surface area (Å²) in [7, 11) is 0. The Hall–Kier alpha value is -3.43. The zero-order chi connectivity index (χ0) is 26.8. The molecular formula is C21H23F6N7O3. The van der Waals surface area contributed by atoms with E-state index in [1.807, 2.05) is 0 Å². The second-order valence-corrected chi connectivity index (χ2v) is 8.67. The van der Waals surface area contributed by atoms with Crippen molar-refractivity contribution in [1.29, 1.82) is 0 Å². The van der Waals surface area contributed by atoms with Gasteiger partial charge in [-0.1, -0.05) is 0 Å². The van der Waals surface area contributed by atoms with Gasteiger partial charge in [-0.2, -0.15) is 31.4 Å². The van der Waals surface area contributed by atoms with E-state index in [0.29, 0.717) is 39.0 Å². The molecule has 0 radical (unpaired) electrons. The summed E-state index contributed by atoms with van der Waals surface area (Å²) in [6.45, 7) is 1.36. The highest BCUT2D eigenvalue weighted by atomic mass is 19.4. The average molecular weight is 535 g/mol. The van der Waals surface area contributed by atoms with Crippen molar-refractivity contribution in [2.75, 3.05) is 42.9 Å². The molecule has 0 aliphatic carbocycles. The van der Waals surface area contributed by atoms with Gasteiger partial charge < -0.3 is 19.9 Å². The Morgan fingerprint density at radius 3 is 2.27 bits per heavy atom. The van der Waals surface area contributed by atoms with Crippen LogP contribution in [0.3, 0.4) is 0 Å². The van der Waals surface area contributed by atoms with E-state index < -0.39 is 46.9 Å². The molecule has 37 heavy (non-hydrogen) atoms. The van der Waals surface area contributed by atoms with Gasteiger partial charge in [0, 0.05) is 45.1 Å². The van der Waals surface area contributed by atoms with Crippen LogP contribution in [0.5, 0.6) is 0 Å². The van der Waals surface area contributed by atoms with E-state index in [-0.39, 0.29) is 24.8 Å². The van der Waals surface area contributed by atoms with Crippen molar-refractivity contribution in [3.63, 3.8) is 0 Å². The summed E-state index contributed by atoms with van der Waals surface area (Å²) in [4.78, 5) is 35.1. The number of carbonyl (C=O) groups is 1. The van der Waals surface area contributed by atoms with Crippen LogP contribution in [0.4, 0.5) is 38.0 Å². The number of halogens is 6. The second-order valence-electron chi connectivity index (χ2n) is 8.67. The monoisotopic (exact) mass is 535 g/mol. The number of piperazine rings is 1. The van der Waals surface area contributed by atoms with E-state index in [4.69, 9.17) is 4.74 Å². The molecule has 0 unspecified atom stereocenters. The molecule has 4 heterocycles. The maximum atomic E-state index is 13.2. The molecule has 2 fully saturated rings. The van der Waals surface area contributed by atoms with Crippen LogP contribution in [0.1, 0.15) is 30.4 Å². The number of carbonyl (C=O) groups excluding carboxylic acids is 1. The van der Waals surface area contributed by atoms with Crippen LogP contribution in [-0.2, 0) is 21.9 Å². The number of hydrogen-bond acceptors (Lipinski definition) is 8. The second kappa shape index (κ2) is 10.5. The van der Waals surface area contributed by atoms with E-state index in [1.165, 1.54) is 0 Å². The standard InChI is InChI=1S/C21H23F6N7O3/c22-20(23,24)12-8-29-19(30-9-12)34-5-3-33(4-6-34)16(35)7-13-1-2-14(37-13)10-28-15-11-31-32-18(36)17(15)21(25,26)27/h8-9,11,13-14H,1-7,10H2,(H2,28,32,36)/t13-,14-/m0/s1. The maximum Gasteiger partial charge on any atom is 0.423 e. The Labute approximate surface area is 206 Å². The Bertz CT molecular complexity index is 1150. The summed E-state index contributed by atoms with van der Waals surface area (Å²) in [6.07, 6.45) is -6.76. The number of rotatable bonds is 6. The van der Waals surface area contributed by atoms with Crippen LogP contribution >= 0.6 is 0 Å². The molecule has 2 aliphatic rings. The fourth-order valence-corrected chi connectivity index (χ4v) is 4.23. The number of ether oxygens (including phenoxy) is 1. The first kappa shape index (κ1) is 26.6. The summed E-state index contributed by atoms with van der Waals surface area (Å²) in [5.74, 6) is -0.0106. The molecule has 2 aromatic heterocycles. The number of alkyl halides is 6. The van der Waals surface area contributed by atoms with Crippen LogP contribution < -0.4 is 15.8 Å². The lowest BCUT2D eigenvalue weighted by Crippen LogP contribution is -2.49. The van der Waals surface area contributed by atoms with E-state index >= 15 is 0 Å². The first-order chi connectivity index (χ1) is 17.4. The van der Waals surface area contributed by atoms with Gasteiger partial charge in [0.15, 0.2) is 0 Å². The van der Waals surface area contributed by atoms with Gasteiger partial charge in [-0.15, -0.1) is 0 Å². The van der Waals surface area contributed by atoms with Crippen molar-refractivity contribution in [3.8, 4) is 0 Å². The molecule has 0 bridgehead atoms. The molecule has 2 atom stereocenters. The zero-order valence-corrected chi connectivity index (χ0v) is 19.3. The molecule has 202 valence electrons. The fraction of sp³-hybridized carbons (Fsp3) is 0.571. The number of amides is 1. The van der Waals surface area contributed by atoms with Crippen LogP contribution in [0.15, 0.2) is 23.4 Å². The summed E-state index contributed by atoms with van der Waals surface area (Å²) in [5, 5.41) is 7.73. The highest BCUT2D eigenvalue weighted by molar-refractivity contribution is 5.77. The smallest absolute Gasteiger partial charge is 0.380 e. The van der Waals surface area contributed by atoms with Crippen LogP contribution in [0.2, 0.25) is 0 Å². The number of aromatic nitrogens is 4. The number of anilines is 2. The number of nitrogens with zero attached hydrogens (tertiary/aromatic N) is 5. The first-order valence-corrected chi connectivity index (χ1v) is 11.4. The van der Waals surface area contributed by atoms with Crippen molar-refractivity contribution in [1.82, 2.24) is 25.1 Å². The van der Waals surface area contributed by atoms with Gasteiger partial charge >= 0.3 is 12.4 Å². The molecule has 2 saturated heterocycles. The van der Waals surface area contributed by atoms with Crippen molar-refractivity contribution >= 4 is 17.5 Å². The Morgan fingerprint density at radius 1 is 1.00 bits per heavy atom. The predicted octanol–water partition coefficient (Wildman–Crippen LogP) is 2.30.